The highest BCUT2D eigenvalue weighted by Gasteiger charge is 2.27. The van der Waals surface area contributed by atoms with Crippen LogP contribution >= 0.6 is 0 Å². The van der Waals surface area contributed by atoms with E-state index in [2.05, 4.69) is 0 Å². The molecule has 0 aliphatic heterocycles. The molecule has 1 rings (SSSR count). The molecule has 8 heteroatoms. The molecule has 0 bridgehead atoms. The Morgan fingerprint density at radius 1 is 1.20 bits per heavy atom. The summed E-state index contributed by atoms with van der Waals surface area (Å²) >= 11 is 0. The monoisotopic (exact) mass is 301 g/mol. The zero-order chi connectivity index (χ0) is 15.5. The van der Waals surface area contributed by atoms with E-state index in [1.165, 1.54) is 30.5 Å². The lowest BCUT2D eigenvalue weighted by Crippen LogP contribution is -2.43. The lowest BCUT2D eigenvalue weighted by atomic mass is 10.2. The third-order valence-electron chi connectivity index (χ3n) is 2.82. The van der Waals surface area contributed by atoms with Gasteiger partial charge in [-0.3, -0.25) is 10.1 Å². The maximum atomic E-state index is 12.2. The quantitative estimate of drug-likeness (QED) is 0.590. The highest BCUT2D eigenvalue weighted by molar-refractivity contribution is 7.86. The fraction of sp³-hybridized carbons (Fsp3) is 0.500. The fourth-order valence-electron chi connectivity index (χ4n) is 1.64. The van der Waals surface area contributed by atoms with Crippen LogP contribution < -0.4 is 0 Å². The summed E-state index contributed by atoms with van der Waals surface area (Å²) in [7, 11) is -0.585. The summed E-state index contributed by atoms with van der Waals surface area (Å²) in [6, 6.07) is 5.67. The molecule has 0 saturated carbocycles. The van der Waals surface area contributed by atoms with Gasteiger partial charge in [0.1, 0.15) is 0 Å². The molecule has 0 saturated heterocycles. The van der Waals surface area contributed by atoms with Gasteiger partial charge in [-0.1, -0.05) is 12.1 Å². The minimum absolute atomic E-state index is 0.0136. The van der Waals surface area contributed by atoms with Gasteiger partial charge in [0.05, 0.1) is 4.92 Å². The van der Waals surface area contributed by atoms with Crippen molar-refractivity contribution in [2.24, 2.45) is 0 Å². The van der Waals surface area contributed by atoms with Gasteiger partial charge in [-0.25, -0.2) is 0 Å². The largest absolute Gasteiger partial charge is 0.282 e. The van der Waals surface area contributed by atoms with Gasteiger partial charge in [-0.2, -0.15) is 17.0 Å². The number of benzene rings is 1. The van der Waals surface area contributed by atoms with Gasteiger partial charge >= 0.3 is 0 Å². The summed E-state index contributed by atoms with van der Waals surface area (Å²) in [5, 5.41) is 10.6. The van der Waals surface area contributed by atoms with Crippen molar-refractivity contribution in [3.8, 4) is 0 Å². The Labute approximate surface area is 119 Å². The lowest BCUT2D eigenvalue weighted by molar-refractivity contribution is -0.384. The number of hydrogen-bond donors (Lipinski definition) is 0. The maximum Gasteiger partial charge on any atom is 0.282 e. The number of nitro benzene ring substituents is 1. The minimum Gasteiger partial charge on any atom is -0.258 e. The van der Waals surface area contributed by atoms with Crippen LogP contribution in [0, 0.1) is 10.1 Å². The summed E-state index contributed by atoms with van der Waals surface area (Å²) < 4.78 is 26.9. The van der Waals surface area contributed by atoms with E-state index in [0.29, 0.717) is 5.56 Å². The van der Waals surface area contributed by atoms with Gasteiger partial charge in [0.15, 0.2) is 0 Å². The van der Waals surface area contributed by atoms with Crippen molar-refractivity contribution in [2.45, 2.75) is 26.4 Å². The first-order valence-corrected chi connectivity index (χ1v) is 7.48. The zero-order valence-electron chi connectivity index (χ0n) is 12.0. The molecule has 0 amide bonds. The van der Waals surface area contributed by atoms with Gasteiger partial charge in [-0.05, 0) is 19.4 Å². The van der Waals surface area contributed by atoms with Crippen LogP contribution in [0.2, 0.25) is 0 Å². The minimum atomic E-state index is -3.53. The van der Waals surface area contributed by atoms with Gasteiger partial charge in [0.25, 0.3) is 15.9 Å². The van der Waals surface area contributed by atoms with Crippen LogP contribution in [-0.2, 0) is 16.8 Å². The Balaban J connectivity index is 3.00. The van der Waals surface area contributed by atoms with Crippen LogP contribution in [0.15, 0.2) is 24.3 Å². The molecule has 1 aromatic carbocycles. The van der Waals surface area contributed by atoms with Crippen LogP contribution in [0.4, 0.5) is 5.69 Å². The van der Waals surface area contributed by atoms with Crippen molar-refractivity contribution in [1.82, 2.24) is 8.61 Å². The molecule has 112 valence electrons. The standard InChI is InChI=1S/C12H19N3O4S/c1-10(2)14(20(18,19)13(3)4)9-11-5-7-12(8-6-11)15(16)17/h5-8,10H,9H2,1-4H3. The number of rotatable bonds is 6. The van der Waals surface area contributed by atoms with Crippen molar-refractivity contribution >= 4 is 15.9 Å². The second-order valence-electron chi connectivity index (χ2n) is 4.85. The van der Waals surface area contributed by atoms with E-state index in [0.717, 1.165) is 4.31 Å². The molecular formula is C12H19N3O4S. The number of hydrogen-bond acceptors (Lipinski definition) is 4. The van der Waals surface area contributed by atoms with E-state index in [1.807, 2.05) is 0 Å². The van der Waals surface area contributed by atoms with Crippen LogP contribution in [0.3, 0.4) is 0 Å². The Hall–Kier alpha value is -1.51. The van der Waals surface area contributed by atoms with Crippen LogP contribution in [-0.4, -0.2) is 42.1 Å². The molecule has 0 N–H and O–H groups in total. The van der Waals surface area contributed by atoms with Crippen molar-refractivity contribution in [3.05, 3.63) is 39.9 Å². The fourth-order valence-corrected chi connectivity index (χ4v) is 2.91. The van der Waals surface area contributed by atoms with Gasteiger partial charge < -0.3 is 0 Å². The molecule has 0 aromatic heterocycles. The number of non-ortho nitro benzene ring substituents is 1. The smallest absolute Gasteiger partial charge is 0.258 e. The van der Waals surface area contributed by atoms with Crippen LogP contribution in [0.1, 0.15) is 19.4 Å². The average Bonchev–Trinajstić information content (AvgIpc) is 2.35. The molecule has 0 unspecified atom stereocenters. The number of nitro groups is 1. The average molecular weight is 301 g/mol. The highest BCUT2D eigenvalue weighted by Crippen LogP contribution is 2.17. The van der Waals surface area contributed by atoms with Gasteiger partial charge in [-0.15, -0.1) is 0 Å². The Morgan fingerprint density at radius 3 is 2.05 bits per heavy atom. The number of nitrogens with zero attached hydrogens (tertiary/aromatic N) is 3. The molecule has 0 heterocycles. The lowest BCUT2D eigenvalue weighted by Gasteiger charge is -2.28. The molecule has 0 aliphatic rings. The Morgan fingerprint density at radius 2 is 1.70 bits per heavy atom. The van der Waals surface area contributed by atoms with Gasteiger partial charge in [0.2, 0.25) is 0 Å². The summed E-state index contributed by atoms with van der Waals surface area (Å²) in [5.41, 5.74) is 0.690. The molecular weight excluding hydrogens is 282 g/mol. The summed E-state index contributed by atoms with van der Waals surface area (Å²) in [5.74, 6) is 0. The third-order valence-corrected chi connectivity index (χ3v) is 4.89. The maximum absolute atomic E-state index is 12.2. The van der Waals surface area contributed by atoms with Crippen LogP contribution in [0.5, 0.6) is 0 Å². The van der Waals surface area contributed by atoms with Crippen molar-refractivity contribution in [3.63, 3.8) is 0 Å². The predicted molar refractivity (Wildman–Crippen MR) is 76.4 cm³/mol. The van der Waals surface area contributed by atoms with E-state index < -0.39 is 15.1 Å². The second kappa shape index (κ2) is 6.29. The predicted octanol–water partition coefficient (Wildman–Crippen LogP) is 1.61. The summed E-state index contributed by atoms with van der Waals surface area (Å²) in [4.78, 5) is 10.1. The Bertz CT molecular complexity index is 567. The second-order valence-corrected chi connectivity index (χ2v) is 6.95. The van der Waals surface area contributed by atoms with Crippen molar-refractivity contribution < 1.29 is 13.3 Å². The van der Waals surface area contributed by atoms with E-state index in [4.69, 9.17) is 0 Å². The SMILES string of the molecule is CC(C)N(Cc1ccc([N+](=O)[O-])cc1)S(=O)(=O)N(C)C. The first-order chi connectivity index (χ1) is 9.16. The summed E-state index contributed by atoms with van der Waals surface area (Å²) in [6.45, 7) is 3.75. The van der Waals surface area contributed by atoms with E-state index >= 15 is 0 Å². The van der Waals surface area contributed by atoms with Gasteiger partial charge in [0, 0.05) is 38.8 Å². The topological polar surface area (TPSA) is 83.8 Å². The van der Waals surface area contributed by atoms with E-state index in [9.17, 15) is 18.5 Å². The highest BCUT2D eigenvalue weighted by atomic mass is 32.2. The van der Waals surface area contributed by atoms with Crippen molar-refractivity contribution in [2.75, 3.05) is 14.1 Å². The third kappa shape index (κ3) is 3.75. The molecule has 7 nitrogen and oxygen atoms in total. The van der Waals surface area contributed by atoms with E-state index in [1.54, 1.807) is 26.0 Å². The molecule has 0 spiro atoms. The molecule has 20 heavy (non-hydrogen) atoms. The normalized spacial score (nSPS) is 12.3. The molecule has 1 aromatic rings. The first kappa shape index (κ1) is 16.5. The molecule has 0 aliphatic carbocycles. The van der Waals surface area contributed by atoms with Crippen molar-refractivity contribution in [1.29, 1.82) is 0 Å². The summed E-state index contributed by atoms with van der Waals surface area (Å²) in [6.07, 6.45) is 0. The Kier molecular flexibility index (Phi) is 5.21. The van der Waals surface area contributed by atoms with E-state index in [-0.39, 0.29) is 18.3 Å². The molecule has 0 fully saturated rings. The van der Waals surface area contributed by atoms with Crippen LogP contribution in [0.25, 0.3) is 0 Å². The zero-order valence-corrected chi connectivity index (χ0v) is 12.8. The first-order valence-electron chi connectivity index (χ1n) is 6.09. The molecule has 0 atom stereocenters. The molecule has 0 radical (unpaired) electrons.